The summed E-state index contributed by atoms with van der Waals surface area (Å²) in [5, 5.41) is 0. The molecule has 8 rings (SSSR count). The summed E-state index contributed by atoms with van der Waals surface area (Å²) in [6, 6.07) is 20.5. The van der Waals surface area contributed by atoms with Crippen LogP contribution in [0.15, 0.2) is 60.7 Å². The van der Waals surface area contributed by atoms with Crippen molar-refractivity contribution in [3.05, 3.63) is 72.3 Å². The van der Waals surface area contributed by atoms with E-state index >= 15 is 0 Å². The van der Waals surface area contributed by atoms with E-state index in [4.69, 9.17) is 31.4 Å². The van der Waals surface area contributed by atoms with Crippen molar-refractivity contribution in [1.82, 2.24) is 29.9 Å². The molecule has 4 heterocycles. The van der Waals surface area contributed by atoms with Gasteiger partial charge in [0.1, 0.15) is 11.6 Å². The lowest BCUT2D eigenvalue weighted by molar-refractivity contribution is 0.574. The summed E-state index contributed by atoms with van der Waals surface area (Å²) < 4.78 is 0. The Morgan fingerprint density at radius 3 is 1.43 bits per heavy atom. The van der Waals surface area contributed by atoms with Crippen LogP contribution in [-0.4, -0.2) is 29.9 Å². The Morgan fingerprint density at radius 2 is 1.00 bits per heavy atom. The molecule has 0 radical (unpaired) electrons. The fraction of sp³-hybridized carbons (Fsp3) is 0.312. The zero-order valence-electron chi connectivity index (χ0n) is 22.3. The summed E-state index contributed by atoms with van der Waals surface area (Å²) in [5.74, 6) is 3.26. The number of hydrogen-bond donors (Lipinski definition) is 4. The van der Waals surface area contributed by atoms with Crippen molar-refractivity contribution in [2.24, 2.45) is 23.3 Å². The molecular weight excluding hydrogens is 496 g/mol. The minimum absolute atomic E-state index is 0.0386. The predicted molar refractivity (Wildman–Crippen MR) is 158 cm³/mol. The van der Waals surface area contributed by atoms with Crippen LogP contribution in [0.3, 0.4) is 0 Å². The highest BCUT2D eigenvalue weighted by Crippen LogP contribution is 2.37. The van der Waals surface area contributed by atoms with Crippen LogP contribution in [0.2, 0.25) is 0 Å². The third-order valence-corrected chi connectivity index (χ3v) is 8.41. The van der Waals surface area contributed by atoms with Gasteiger partial charge in [-0.3, -0.25) is 0 Å². The van der Waals surface area contributed by atoms with E-state index in [-0.39, 0.29) is 12.1 Å². The van der Waals surface area contributed by atoms with Gasteiger partial charge >= 0.3 is 0 Å². The molecule has 0 bridgehead atoms. The summed E-state index contributed by atoms with van der Waals surface area (Å²) in [6.45, 7) is 0. The SMILES string of the molecule is N[C@@H](CC1CC1)c1nc2ccc(-c3ccc4nc(-c5ccc6nc([C@@H](N)CC7CC7)[nH]c6c5)ccc4n3)cc2[nH]1. The maximum atomic E-state index is 6.40. The van der Waals surface area contributed by atoms with Crippen LogP contribution in [0.25, 0.3) is 55.6 Å². The maximum absolute atomic E-state index is 6.40. The molecule has 0 aliphatic heterocycles. The Bertz CT molecular complexity index is 1740. The first kappa shape index (κ1) is 23.7. The molecule has 2 aliphatic carbocycles. The van der Waals surface area contributed by atoms with E-state index in [0.29, 0.717) is 0 Å². The van der Waals surface area contributed by atoms with E-state index in [2.05, 4.69) is 34.2 Å². The fourth-order valence-corrected chi connectivity index (χ4v) is 5.71. The molecule has 2 saturated carbocycles. The quantitative estimate of drug-likeness (QED) is 0.183. The number of fused-ring (bicyclic) bond motifs is 3. The zero-order valence-corrected chi connectivity index (χ0v) is 22.3. The molecule has 0 unspecified atom stereocenters. The number of benzene rings is 2. The number of pyridine rings is 2. The number of aromatic nitrogens is 6. The van der Waals surface area contributed by atoms with Gasteiger partial charge in [0.05, 0.1) is 56.6 Å². The number of nitrogens with one attached hydrogen (secondary N) is 2. The molecule has 4 aromatic heterocycles. The van der Waals surface area contributed by atoms with Gasteiger partial charge in [-0.1, -0.05) is 37.8 Å². The molecule has 6 N–H and O–H groups in total. The summed E-state index contributed by atoms with van der Waals surface area (Å²) in [4.78, 5) is 26.2. The molecule has 0 amide bonds. The predicted octanol–water partition coefficient (Wildman–Crippen LogP) is 6.32. The van der Waals surface area contributed by atoms with Gasteiger partial charge in [-0.2, -0.15) is 0 Å². The zero-order chi connectivity index (χ0) is 26.8. The molecule has 0 spiro atoms. The molecule has 2 aliphatic rings. The maximum Gasteiger partial charge on any atom is 0.124 e. The highest BCUT2D eigenvalue weighted by molar-refractivity contribution is 5.86. The molecule has 8 nitrogen and oxygen atoms in total. The Kier molecular flexibility index (Phi) is 5.46. The van der Waals surface area contributed by atoms with Gasteiger partial charge in [0.25, 0.3) is 0 Å². The van der Waals surface area contributed by atoms with Gasteiger partial charge in [0.15, 0.2) is 0 Å². The van der Waals surface area contributed by atoms with Crippen molar-refractivity contribution in [3.63, 3.8) is 0 Å². The summed E-state index contributed by atoms with van der Waals surface area (Å²) in [7, 11) is 0. The lowest BCUT2D eigenvalue weighted by atomic mass is 10.1. The van der Waals surface area contributed by atoms with Crippen LogP contribution in [0, 0.1) is 11.8 Å². The Labute approximate surface area is 231 Å². The van der Waals surface area contributed by atoms with Crippen molar-refractivity contribution in [1.29, 1.82) is 0 Å². The molecule has 2 fully saturated rings. The second kappa shape index (κ2) is 9.21. The molecular formula is C32H32N8. The number of nitrogens with two attached hydrogens (primary N) is 2. The van der Waals surface area contributed by atoms with E-state index in [1.165, 1.54) is 25.7 Å². The van der Waals surface area contributed by atoms with Gasteiger partial charge in [0.2, 0.25) is 0 Å². The van der Waals surface area contributed by atoms with Gasteiger partial charge < -0.3 is 21.4 Å². The summed E-state index contributed by atoms with van der Waals surface area (Å²) >= 11 is 0. The van der Waals surface area contributed by atoms with Crippen LogP contribution < -0.4 is 11.5 Å². The number of nitrogens with zero attached hydrogens (tertiary/aromatic N) is 4. The third-order valence-electron chi connectivity index (χ3n) is 8.41. The number of aromatic amines is 2. The van der Waals surface area contributed by atoms with Crippen LogP contribution in [0.1, 0.15) is 62.3 Å². The van der Waals surface area contributed by atoms with Gasteiger partial charge in [-0.15, -0.1) is 0 Å². The van der Waals surface area contributed by atoms with E-state index in [9.17, 15) is 0 Å². The Balaban J connectivity index is 1.06. The first-order valence-electron chi connectivity index (χ1n) is 14.3. The van der Waals surface area contributed by atoms with Crippen molar-refractivity contribution >= 4 is 33.1 Å². The Hall–Kier alpha value is -4.14. The fourth-order valence-electron chi connectivity index (χ4n) is 5.71. The first-order valence-corrected chi connectivity index (χ1v) is 14.3. The van der Waals surface area contributed by atoms with Gasteiger partial charge in [-0.05, 0) is 73.2 Å². The monoisotopic (exact) mass is 528 g/mol. The van der Waals surface area contributed by atoms with Crippen molar-refractivity contribution in [2.45, 2.75) is 50.6 Å². The molecule has 0 saturated heterocycles. The summed E-state index contributed by atoms with van der Waals surface area (Å²) in [5.41, 5.74) is 22.2. The first-order chi connectivity index (χ1) is 19.6. The minimum atomic E-state index is -0.0386. The molecule has 200 valence electrons. The van der Waals surface area contributed by atoms with E-state index in [0.717, 1.165) is 91.9 Å². The smallest absolute Gasteiger partial charge is 0.124 e. The van der Waals surface area contributed by atoms with Crippen molar-refractivity contribution in [3.8, 4) is 22.5 Å². The number of hydrogen-bond acceptors (Lipinski definition) is 6. The van der Waals surface area contributed by atoms with E-state index in [1.54, 1.807) is 0 Å². The number of H-pyrrole nitrogens is 2. The lowest BCUT2D eigenvalue weighted by Gasteiger charge is -2.06. The summed E-state index contributed by atoms with van der Waals surface area (Å²) in [6.07, 6.45) is 7.16. The highest BCUT2D eigenvalue weighted by Gasteiger charge is 2.27. The van der Waals surface area contributed by atoms with Crippen molar-refractivity contribution < 1.29 is 0 Å². The van der Waals surface area contributed by atoms with Gasteiger partial charge in [-0.25, -0.2) is 19.9 Å². The van der Waals surface area contributed by atoms with Crippen molar-refractivity contribution in [2.75, 3.05) is 0 Å². The average molecular weight is 529 g/mol. The second-order valence-corrected chi connectivity index (χ2v) is 11.7. The van der Waals surface area contributed by atoms with Crippen LogP contribution in [0.5, 0.6) is 0 Å². The highest BCUT2D eigenvalue weighted by atomic mass is 15.0. The topological polar surface area (TPSA) is 135 Å². The minimum Gasteiger partial charge on any atom is -0.341 e. The normalized spacial score (nSPS) is 17.1. The Morgan fingerprint density at radius 1 is 0.575 bits per heavy atom. The van der Waals surface area contributed by atoms with Crippen LogP contribution in [-0.2, 0) is 0 Å². The van der Waals surface area contributed by atoms with Crippen LogP contribution in [0.4, 0.5) is 0 Å². The van der Waals surface area contributed by atoms with Gasteiger partial charge in [0, 0.05) is 11.1 Å². The van der Waals surface area contributed by atoms with E-state index < -0.39 is 0 Å². The lowest BCUT2D eigenvalue weighted by Crippen LogP contribution is -2.12. The molecule has 2 atom stereocenters. The average Bonchev–Trinajstić information content (AvgIpc) is 3.88. The number of imidazole rings is 2. The molecule has 2 aromatic carbocycles. The molecule has 6 aromatic rings. The largest absolute Gasteiger partial charge is 0.341 e. The third kappa shape index (κ3) is 4.53. The standard InChI is InChI=1S/C32H32N8/c33-21(13-17-1-2-17)31-37-27-7-5-19(15-29(27)39-31)23-9-11-26-25(35-23)12-10-24(36-26)20-6-8-28-30(16-20)40-32(38-28)22(34)14-18-3-4-18/h5-12,15-18,21-22H,1-4,13-14,33-34H2,(H,37,39)(H,38,40)/t21-,22-/m0/s1. The van der Waals surface area contributed by atoms with E-state index in [1.807, 2.05) is 36.4 Å². The molecule has 8 heteroatoms. The second-order valence-electron chi connectivity index (χ2n) is 11.7. The molecule has 40 heavy (non-hydrogen) atoms. The van der Waals surface area contributed by atoms with Crippen LogP contribution >= 0.6 is 0 Å². The number of rotatable bonds is 8.